The van der Waals surface area contributed by atoms with E-state index in [4.69, 9.17) is 23.2 Å². The smallest absolute Gasteiger partial charge is 0.346 e. The molecule has 1 N–H and O–H groups in total. The molecule has 0 bridgehead atoms. The van der Waals surface area contributed by atoms with Crippen LogP contribution in [0.2, 0.25) is 10.0 Å². The summed E-state index contributed by atoms with van der Waals surface area (Å²) in [5.41, 5.74) is -0.0987. The van der Waals surface area contributed by atoms with Crippen molar-refractivity contribution >= 4 is 56.9 Å². The van der Waals surface area contributed by atoms with E-state index < -0.39 is 41.7 Å². The maximum atomic E-state index is 14.3. The predicted molar refractivity (Wildman–Crippen MR) is 133 cm³/mol. The second-order valence-corrected chi connectivity index (χ2v) is 10.6. The molecule has 1 amide bonds. The third-order valence-corrected chi connectivity index (χ3v) is 7.30. The van der Waals surface area contributed by atoms with Gasteiger partial charge in [0.15, 0.2) is 5.78 Å². The minimum absolute atomic E-state index is 0.156. The SMILES string of the molecule is CC(F)(F)C(/C=C/c1ccc(C(=O)CC2(C(=O)NCC(F)(F)F)CC2)c(Br)c1)c1ccc(Cl)c(Cl)c1. The van der Waals surface area contributed by atoms with Crippen LogP contribution in [0, 0.1) is 5.41 Å². The summed E-state index contributed by atoms with van der Waals surface area (Å²) in [4.78, 5) is 25.0. The van der Waals surface area contributed by atoms with Crippen LogP contribution in [0.4, 0.5) is 22.0 Å². The van der Waals surface area contributed by atoms with Crippen molar-refractivity contribution in [2.45, 2.75) is 44.2 Å². The van der Waals surface area contributed by atoms with Gasteiger partial charge in [0, 0.05) is 23.4 Å². The van der Waals surface area contributed by atoms with Gasteiger partial charge in [0.1, 0.15) is 6.54 Å². The number of benzene rings is 2. The Hall–Kier alpha value is -1.97. The van der Waals surface area contributed by atoms with Crippen molar-refractivity contribution in [3.05, 3.63) is 73.7 Å². The molecule has 11 heteroatoms. The molecule has 36 heavy (non-hydrogen) atoms. The first-order valence-electron chi connectivity index (χ1n) is 10.8. The number of rotatable bonds is 9. The Morgan fingerprint density at radius 2 is 1.75 bits per heavy atom. The van der Waals surface area contributed by atoms with Gasteiger partial charge in [-0.25, -0.2) is 8.78 Å². The molecule has 0 aromatic heterocycles. The second kappa shape index (κ2) is 10.8. The van der Waals surface area contributed by atoms with Crippen LogP contribution in [0.15, 0.2) is 46.9 Å². The van der Waals surface area contributed by atoms with E-state index in [9.17, 15) is 31.5 Å². The minimum atomic E-state index is -4.54. The highest BCUT2D eigenvalue weighted by atomic mass is 79.9. The molecule has 1 aliphatic rings. The fourth-order valence-corrected chi connectivity index (χ4v) is 4.68. The largest absolute Gasteiger partial charge is 0.405 e. The summed E-state index contributed by atoms with van der Waals surface area (Å²) in [6.07, 6.45) is -1.32. The highest BCUT2D eigenvalue weighted by Gasteiger charge is 2.51. The van der Waals surface area contributed by atoms with Gasteiger partial charge in [-0.2, -0.15) is 13.2 Å². The Bertz CT molecular complexity index is 1190. The molecule has 1 atom stereocenters. The topological polar surface area (TPSA) is 46.2 Å². The van der Waals surface area contributed by atoms with E-state index >= 15 is 0 Å². The number of nitrogens with one attached hydrogen (secondary N) is 1. The molecule has 1 saturated carbocycles. The monoisotopic (exact) mass is 611 g/mol. The maximum absolute atomic E-state index is 14.3. The van der Waals surface area contributed by atoms with Crippen LogP contribution in [-0.2, 0) is 4.79 Å². The van der Waals surface area contributed by atoms with Gasteiger partial charge in [0.2, 0.25) is 5.91 Å². The molecular weight excluding hydrogens is 592 g/mol. The molecule has 2 aromatic carbocycles. The molecule has 3 nitrogen and oxygen atoms in total. The summed E-state index contributed by atoms with van der Waals surface area (Å²) in [7, 11) is 0. The molecular formula is C25H21BrCl2F5NO2. The maximum Gasteiger partial charge on any atom is 0.405 e. The molecule has 0 spiro atoms. The van der Waals surface area contributed by atoms with Gasteiger partial charge in [-0.05, 0) is 48.2 Å². The summed E-state index contributed by atoms with van der Waals surface area (Å²) < 4.78 is 66.2. The minimum Gasteiger partial charge on any atom is -0.346 e. The number of ketones is 1. The Morgan fingerprint density at radius 3 is 2.28 bits per heavy atom. The van der Waals surface area contributed by atoms with Crippen LogP contribution < -0.4 is 5.32 Å². The third kappa shape index (κ3) is 7.29. The molecule has 3 rings (SSSR count). The van der Waals surface area contributed by atoms with E-state index in [0.717, 1.165) is 6.92 Å². The van der Waals surface area contributed by atoms with E-state index in [1.54, 1.807) is 12.1 Å². The molecule has 0 radical (unpaired) electrons. The zero-order valence-corrected chi connectivity index (χ0v) is 22.0. The molecule has 1 aliphatic carbocycles. The number of carbonyl (C=O) groups excluding carboxylic acids is 2. The summed E-state index contributed by atoms with van der Waals surface area (Å²) >= 11 is 15.2. The van der Waals surface area contributed by atoms with Crippen molar-refractivity contribution < 1.29 is 31.5 Å². The molecule has 1 unspecified atom stereocenters. The highest BCUT2D eigenvalue weighted by Crippen LogP contribution is 2.50. The lowest BCUT2D eigenvalue weighted by Gasteiger charge is -2.21. The number of Topliss-reactive ketones (excluding diaryl/α,β-unsaturated/α-hetero) is 1. The normalized spacial score (nSPS) is 16.1. The number of allylic oxidation sites excluding steroid dienone is 1. The zero-order chi connectivity index (χ0) is 26.9. The molecule has 0 heterocycles. The van der Waals surface area contributed by atoms with Crippen LogP contribution >= 0.6 is 39.1 Å². The van der Waals surface area contributed by atoms with Crippen molar-refractivity contribution in [3.8, 4) is 0 Å². The number of hydrogen-bond donors (Lipinski definition) is 1. The fourth-order valence-electron chi connectivity index (χ4n) is 3.75. The Labute approximate surface area is 223 Å². The second-order valence-electron chi connectivity index (χ2n) is 8.88. The standard InChI is InChI=1S/C25H21BrCl2F5NO2/c1-23(29,30)17(15-4-7-19(27)20(28)11-15)6-3-14-2-5-16(18(26)10-14)21(35)12-24(8-9-24)22(36)34-13-25(31,32)33/h2-7,10-11,17H,8-9,12-13H2,1H3,(H,34,36)/b6-3+. The van der Waals surface area contributed by atoms with Crippen LogP contribution in [0.25, 0.3) is 6.08 Å². The average Bonchev–Trinajstić information content (AvgIpc) is 3.53. The number of hydrogen-bond acceptors (Lipinski definition) is 2. The Morgan fingerprint density at radius 1 is 1.08 bits per heavy atom. The first-order valence-corrected chi connectivity index (χ1v) is 12.3. The lowest BCUT2D eigenvalue weighted by Crippen LogP contribution is -2.39. The van der Waals surface area contributed by atoms with E-state index in [1.165, 1.54) is 36.4 Å². The first-order chi connectivity index (χ1) is 16.6. The molecule has 0 aliphatic heterocycles. The van der Waals surface area contributed by atoms with Crippen molar-refractivity contribution in [3.63, 3.8) is 0 Å². The van der Waals surface area contributed by atoms with Crippen LogP contribution in [0.5, 0.6) is 0 Å². The van der Waals surface area contributed by atoms with Crippen LogP contribution in [0.1, 0.15) is 53.6 Å². The summed E-state index contributed by atoms with van der Waals surface area (Å²) in [5, 5.41) is 2.25. The van der Waals surface area contributed by atoms with Gasteiger partial charge in [-0.1, -0.05) is 63.4 Å². The van der Waals surface area contributed by atoms with Crippen molar-refractivity contribution in [1.82, 2.24) is 5.32 Å². The lowest BCUT2D eigenvalue weighted by molar-refractivity contribution is -0.141. The third-order valence-electron chi connectivity index (χ3n) is 5.91. The number of alkyl halides is 5. The first kappa shape index (κ1) is 28.6. The summed E-state index contributed by atoms with van der Waals surface area (Å²) in [5.74, 6) is -5.60. The van der Waals surface area contributed by atoms with Crippen molar-refractivity contribution in [2.75, 3.05) is 6.54 Å². The number of amides is 1. The van der Waals surface area contributed by atoms with Gasteiger partial charge >= 0.3 is 6.18 Å². The highest BCUT2D eigenvalue weighted by molar-refractivity contribution is 9.10. The van der Waals surface area contributed by atoms with Crippen molar-refractivity contribution in [1.29, 1.82) is 0 Å². The van der Waals surface area contributed by atoms with Gasteiger partial charge in [0.25, 0.3) is 5.92 Å². The van der Waals surface area contributed by atoms with Crippen LogP contribution in [0.3, 0.4) is 0 Å². The number of halogens is 8. The van der Waals surface area contributed by atoms with Crippen LogP contribution in [-0.4, -0.2) is 30.3 Å². The van der Waals surface area contributed by atoms with E-state index in [0.29, 0.717) is 22.9 Å². The van der Waals surface area contributed by atoms with Gasteiger partial charge in [-0.15, -0.1) is 0 Å². The number of carbonyl (C=O) groups is 2. The predicted octanol–water partition coefficient (Wildman–Crippen LogP) is 8.24. The van der Waals surface area contributed by atoms with E-state index in [1.807, 2.05) is 5.32 Å². The summed E-state index contributed by atoms with van der Waals surface area (Å²) in [6.45, 7) is -0.659. The van der Waals surface area contributed by atoms with E-state index in [-0.39, 0.29) is 27.6 Å². The van der Waals surface area contributed by atoms with Gasteiger partial charge in [-0.3, -0.25) is 9.59 Å². The Kier molecular flexibility index (Phi) is 8.57. The average molecular weight is 613 g/mol. The summed E-state index contributed by atoms with van der Waals surface area (Å²) in [6, 6.07) is 8.89. The Balaban J connectivity index is 1.74. The van der Waals surface area contributed by atoms with Gasteiger partial charge < -0.3 is 5.32 Å². The quantitative estimate of drug-likeness (QED) is 0.229. The molecule has 1 fully saturated rings. The van der Waals surface area contributed by atoms with Gasteiger partial charge in [0.05, 0.1) is 21.4 Å². The van der Waals surface area contributed by atoms with Crippen molar-refractivity contribution in [2.24, 2.45) is 5.41 Å². The molecule has 0 saturated heterocycles. The molecule has 194 valence electrons. The van der Waals surface area contributed by atoms with E-state index in [2.05, 4.69) is 15.9 Å². The molecule has 2 aromatic rings. The lowest BCUT2D eigenvalue weighted by atomic mass is 9.92. The zero-order valence-electron chi connectivity index (χ0n) is 18.9. The fraction of sp³-hybridized carbons (Fsp3) is 0.360.